The highest BCUT2D eigenvalue weighted by Gasteiger charge is 2.04. The van der Waals surface area contributed by atoms with E-state index in [2.05, 4.69) is 10.5 Å². The van der Waals surface area contributed by atoms with E-state index in [0.717, 1.165) is 5.56 Å². The fourth-order valence-electron chi connectivity index (χ4n) is 1.82. The number of carbonyl (C=O) groups excluding carboxylic acids is 2. The molecule has 2 rings (SSSR count). The van der Waals surface area contributed by atoms with E-state index >= 15 is 0 Å². The zero-order chi connectivity index (χ0) is 15.1. The maximum atomic E-state index is 11.9. The van der Waals surface area contributed by atoms with Gasteiger partial charge in [-0.05, 0) is 25.1 Å². The first kappa shape index (κ1) is 14.7. The Bertz CT molecular complexity index is 664. The summed E-state index contributed by atoms with van der Waals surface area (Å²) in [6.45, 7) is 1.94. The molecule has 0 aliphatic carbocycles. The molecule has 0 aliphatic rings. The Balaban J connectivity index is 1.86. The zero-order valence-electron chi connectivity index (χ0n) is 11.7. The molecule has 0 saturated carbocycles. The lowest BCUT2D eigenvalue weighted by Gasteiger charge is -2.00. The maximum absolute atomic E-state index is 11.9. The molecular weight excluding hydrogens is 264 g/mol. The van der Waals surface area contributed by atoms with Crippen LogP contribution in [0.15, 0.2) is 59.7 Å². The first-order valence-corrected chi connectivity index (χ1v) is 6.63. The lowest BCUT2D eigenvalue weighted by molar-refractivity contribution is 0.0951. The van der Waals surface area contributed by atoms with Crippen molar-refractivity contribution >= 4 is 17.9 Å². The molecule has 0 atom stereocenters. The molecule has 4 nitrogen and oxygen atoms in total. The smallest absolute Gasteiger partial charge is 0.271 e. The standard InChI is InChI=1S/C17H16N2O2/c1-13-6-5-9-15(12-13)16(20)10-11-18-19-17(21)14-7-3-2-4-8-14/h2-9,11-12H,10H2,1H3,(H,19,21). The molecule has 1 amide bonds. The number of hydrazone groups is 1. The highest BCUT2D eigenvalue weighted by Crippen LogP contribution is 2.06. The number of hydrogen-bond acceptors (Lipinski definition) is 3. The van der Waals surface area contributed by atoms with Crippen molar-refractivity contribution in [3.8, 4) is 0 Å². The molecule has 0 unspecified atom stereocenters. The van der Waals surface area contributed by atoms with Gasteiger partial charge < -0.3 is 0 Å². The first-order chi connectivity index (χ1) is 10.2. The third-order valence-corrected chi connectivity index (χ3v) is 2.91. The Morgan fingerprint density at radius 2 is 1.76 bits per heavy atom. The Labute approximate surface area is 123 Å². The summed E-state index contributed by atoms with van der Waals surface area (Å²) in [4.78, 5) is 23.6. The normalized spacial score (nSPS) is 10.5. The van der Waals surface area contributed by atoms with Gasteiger partial charge >= 0.3 is 0 Å². The number of nitrogens with zero attached hydrogens (tertiary/aromatic N) is 1. The van der Waals surface area contributed by atoms with E-state index in [-0.39, 0.29) is 18.1 Å². The molecule has 0 radical (unpaired) electrons. The van der Waals surface area contributed by atoms with Crippen LogP contribution in [-0.4, -0.2) is 17.9 Å². The van der Waals surface area contributed by atoms with Crippen molar-refractivity contribution in [3.05, 3.63) is 71.3 Å². The highest BCUT2D eigenvalue weighted by atomic mass is 16.2. The van der Waals surface area contributed by atoms with Gasteiger partial charge in [0.2, 0.25) is 0 Å². The fourth-order valence-corrected chi connectivity index (χ4v) is 1.82. The molecule has 0 spiro atoms. The van der Waals surface area contributed by atoms with Gasteiger partial charge in [0.1, 0.15) is 0 Å². The molecule has 0 aromatic heterocycles. The molecule has 0 bridgehead atoms. The largest absolute Gasteiger partial charge is 0.294 e. The van der Waals surface area contributed by atoms with Gasteiger partial charge in [-0.2, -0.15) is 5.10 Å². The lowest BCUT2D eigenvalue weighted by atomic mass is 10.1. The van der Waals surface area contributed by atoms with Crippen LogP contribution < -0.4 is 5.43 Å². The second kappa shape index (κ2) is 7.14. The summed E-state index contributed by atoms with van der Waals surface area (Å²) in [7, 11) is 0. The number of Topliss-reactive ketones (excluding diaryl/α,β-unsaturated/α-hetero) is 1. The Morgan fingerprint density at radius 3 is 2.48 bits per heavy atom. The average Bonchev–Trinajstić information content (AvgIpc) is 2.52. The van der Waals surface area contributed by atoms with Gasteiger partial charge in [-0.1, -0.05) is 42.0 Å². The van der Waals surface area contributed by atoms with Gasteiger partial charge in [0, 0.05) is 23.8 Å². The molecular formula is C17H16N2O2. The van der Waals surface area contributed by atoms with Crippen LogP contribution in [0.1, 0.15) is 32.7 Å². The van der Waals surface area contributed by atoms with Crippen molar-refractivity contribution in [2.45, 2.75) is 13.3 Å². The minimum Gasteiger partial charge on any atom is -0.294 e. The zero-order valence-corrected chi connectivity index (χ0v) is 11.7. The van der Waals surface area contributed by atoms with Crippen molar-refractivity contribution in [2.75, 3.05) is 0 Å². The highest BCUT2D eigenvalue weighted by molar-refractivity contribution is 6.04. The molecule has 0 fully saturated rings. The van der Waals surface area contributed by atoms with E-state index < -0.39 is 0 Å². The number of aryl methyl sites for hydroxylation is 1. The van der Waals surface area contributed by atoms with Crippen LogP contribution >= 0.6 is 0 Å². The third-order valence-electron chi connectivity index (χ3n) is 2.91. The molecule has 106 valence electrons. The predicted molar refractivity (Wildman–Crippen MR) is 82.5 cm³/mol. The van der Waals surface area contributed by atoms with Crippen molar-refractivity contribution in [3.63, 3.8) is 0 Å². The number of amides is 1. The number of benzene rings is 2. The van der Waals surface area contributed by atoms with Gasteiger partial charge in [-0.25, -0.2) is 5.43 Å². The SMILES string of the molecule is Cc1cccc(C(=O)CC=NNC(=O)c2ccccc2)c1. The minimum atomic E-state index is -0.296. The van der Waals surface area contributed by atoms with Crippen LogP contribution in [0.3, 0.4) is 0 Å². The number of rotatable bonds is 5. The molecule has 0 aliphatic heterocycles. The molecule has 0 saturated heterocycles. The van der Waals surface area contributed by atoms with Crippen LogP contribution in [0.4, 0.5) is 0 Å². The van der Waals surface area contributed by atoms with Crippen molar-refractivity contribution < 1.29 is 9.59 Å². The molecule has 1 N–H and O–H groups in total. The van der Waals surface area contributed by atoms with Gasteiger partial charge in [-0.15, -0.1) is 0 Å². The van der Waals surface area contributed by atoms with Crippen molar-refractivity contribution in [1.82, 2.24) is 5.43 Å². The van der Waals surface area contributed by atoms with E-state index in [1.165, 1.54) is 6.21 Å². The predicted octanol–water partition coefficient (Wildman–Crippen LogP) is 2.98. The second-order valence-corrected chi connectivity index (χ2v) is 4.62. The quantitative estimate of drug-likeness (QED) is 0.520. The van der Waals surface area contributed by atoms with Crippen LogP contribution in [0.2, 0.25) is 0 Å². The number of hydrogen-bond donors (Lipinski definition) is 1. The molecule has 2 aromatic rings. The molecule has 2 aromatic carbocycles. The van der Waals surface area contributed by atoms with E-state index in [4.69, 9.17) is 0 Å². The van der Waals surface area contributed by atoms with Crippen LogP contribution in [0.5, 0.6) is 0 Å². The lowest BCUT2D eigenvalue weighted by Crippen LogP contribution is -2.17. The third kappa shape index (κ3) is 4.38. The maximum Gasteiger partial charge on any atom is 0.271 e. The summed E-state index contributed by atoms with van der Waals surface area (Å²) < 4.78 is 0. The summed E-state index contributed by atoms with van der Waals surface area (Å²) in [5.41, 5.74) is 4.61. The van der Waals surface area contributed by atoms with Gasteiger partial charge in [0.05, 0.1) is 0 Å². The summed E-state index contributed by atoms with van der Waals surface area (Å²) >= 11 is 0. The monoisotopic (exact) mass is 280 g/mol. The van der Waals surface area contributed by atoms with E-state index in [9.17, 15) is 9.59 Å². The van der Waals surface area contributed by atoms with E-state index in [1.54, 1.807) is 30.3 Å². The summed E-state index contributed by atoms with van der Waals surface area (Å²) in [6, 6.07) is 16.2. The number of ketones is 1. The van der Waals surface area contributed by atoms with E-state index in [1.807, 2.05) is 31.2 Å². The van der Waals surface area contributed by atoms with E-state index in [0.29, 0.717) is 11.1 Å². The topological polar surface area (TPSA) is 58.5 Å². The van der Waals surface area contributed by atoms with Gasteiger partial charge in [-0.3, -0.25) is 9.59 Å². The first-order valence-electron chi connectivity index (χ1n) is 6.63. The van der Waals surface area contributed by atoms with Crippen molar-refractivity contribution in [1.29, 1.82) is 0 Å². The van der Waals surface area contributed by atoms with Crippen LogP contribution in [-0.2, 0) is 0 Å². The van der Waals surface area contributed by atoms with Gasteiger partial charge in [0.25, 0.3) is 5.91 Å². The number of carbonyl (C=O) groups is 2. The molecule has 4 heteroatoms. The summed E-state index contributed by atoms with van der Waals surface area (Å²) in [6.07, 6.45) is 1.56. The average molecular weight is 280 g/mol. The Morgan fingerprint density at radius 1 is 1.05 bits per heavy atom. The van der Waals surface area contributed by atoms with Crippen LogP contribution in [0, 0.1) is 6.92 Å². The molecule has 21 heavy (non-hydrogen) atoms. The fraction of sp³-hybridized carbons (Fsp3) is 0.118. The summed E-state index contributed by atoms with van der Waals surface area (Å²) in [5.74, 6) is -0.328. The Kier molecular flexibility index (Phi) is 4.99. The Hall–Kier alpha value is -2.75. The molecule has 0 heterocycles. The summed E-state index contributed by atoms with van der Waals surface area (Å²) in [5, 5.41) is 3.79. The van der Waals surface area contributed by atoms with Crippen LogP contribution in [0.25, 0.3) is 0 Å². The number of nitrogens with one attached hydrogen (secondary N) is 1. The minimum absolute atomic E-state index is 0.0311. The van der Waals surface area contributed by atoms with Gasteiger partial charge in [0.15, 0.2) is 5.78 Å². The second-order valence-electron chi connectivity index (χ2n) is 4.62. The van der Waals surface area contributed by atoms with Crippen molar-refractivity contribution in [2.24, 2.45) is 5.10 Å².